The Bertz CT molecular complexity index is 617. The second kappa shape index (κ2) is 6.94. The molecular formula is C18H23NO4. The number of benzene rings is 1. The highest BCUT2D eigenvalue weighted by molar-refractivity contribution is 6.19. The molecule has 23 heavy (non-hydrogen) atoms. The number of cyclic esters (lactones) is 1. The number of ether oxygens (including phenoxy) is 3. The van der Waals surface area contributed by atoms with Crippen molar-refractivity contribution in [2.45, 2.75) is 38.1 Å². The molecule has 0 radical (unpaired) electrons. The maximum Gasteiger partial charge on any atom is 0.341 e. The second-order valence-corrected chi connectivity index (χ2v) is 5.98. The smallest absolute Gasteiger partial charge is 0.341 e. The fourth-order valence-electron chi connectivity index (χ4n) is 3.30. The number of rotatable bonds is 5. The molecular weight excluding hydrogens is 294 g/mol. The average molecular weight is 317 g/mol. The Labute approximate surface area is 136 Å². The summed E-state index contributed by atoms with van der Waals surface area (Å²) in [6.45, 7) is 0.318. The topological polar surface area (TPSA) is 56.8 Å². The molecule has 2 aliphatic rings. The summed E-state index contributed by atoms with van der Waals surface area (Å²) in [6.07, 6.45) is 6.08. The van der Waals surface area contributed by atoms with Gasteiger partial charge in [0.15, 0.2) is 11.5 Å². The maximum absolute atomic E-state index is 12.2. The highest BCUT2D eigenvalue weighted by Crippen LogP contribution is 2.33. The van der Waals surface area contributed by atoms with Crippen molar-refractivity contribution < 1.29 is 19.0 Å². The summed E-state index contributed by atoms with van der Waals surface area (Å²) in [5.74, 6) is 0.967. The first-order valence-electron chi connectivity index (χ1n) is 8.12. The monoisotopic (exact) mass is 317 g/mol. The minimum atomic E-state index is -0.282. The van der Waals surface area contributed by atoms with Crippen LogP contribution in [0.25, 0.3) is 5.57 Å². The number of nitrogens with one attached hydrogen (secondary N) is 1. The van der Waals surface area contributed by atoms with Gasteiger partial charge in [0.1, 0.15) is 6.61 Å². The van der Waals surface area contributed by atoms with Crippen molar-refractivity contribution in [2.75, 3.05) is 20.8 Å². The summed E-state index contributed by atoms with van der Waals surface area (Å²) in [5.41, 5.74) is 2.29. The van der Waals surface area contributed by atoms with Crippen molar-refractivity contribution in [2.24, 2.45) is 0 Å². The number of carbonyl (C=O) groups excluding carboxylic acids is 1. The molecule has 0 amide bonds. The zero-order valence-electron chi connectivity index (χ0n) is 13.7. The van der Waals surface area contributed by atoms with E-state index in [4.69, 9.17) is 14.2 Å². The van der Waals surface area contributed by atoms with Crippen LogP contribution in [0.3, 0.4) is 0 Å². The van der Waals surface area contributed by atoms with Gasteiger partial charge in [-0.15, -0.1) is 0 Å². The second-order valence-electron chi connectivity index (χ2n) is 5.98. The van der Waals surface area contributed by atoms with E-state index in [-0.39, 0.29) is 5.97 Å². The van der Waals surface area contributed by atoms with Crippen LogP contribution in [0.4, 0.5) is 0 Å². The maximum atomic E-state index is 12.2. The minimum Gasteiger partial charge on any atom is -0.493 e. The molecule has 1 aliphatic carbocycles. The summed E-state index contributed by atoms with van der Waals surface area (Å²) in [7, 11) is 3.18. The summed E-state index contributed by atoms with van der Waals surface area (Å²) in [5, 5.41) is 3.52. The zero-order chi connectivity index (χ0) is 16.2. The number of methoxy groups -OCH3 is 2. The Morgan fingerprint density at radius 2 is 1.83 bits per heavy atom. The standard InChI is InChI=1S/C18H23NO4/c1-21-15-9-8-12(10-16(15)22-2)17-14(11-23-18(17)20)19-13-6-4-3-5-7-13/h8-10,13,19H,3-7,11H2,1-2H3. The molecule has 124 valence electrons. The Morgan fingerprint density at radius 3 is 2.52 bits per heavy atom. The van der Waals surface area contributed by atoms with Crippen LogP contribution in [0.2, 0.25) is 0 Å². The van der Waals surface area contributed by atoms with Crippen LogP contribution in [-0.2, 0) is 9.53 Å². The normalized spacial score (nSPS) is 18.8. The average Bonchev–Trinajstić information content (AvgIpc) is 2.95. The van der Waals surface area contributed by atoms with E-state index in [1.54, 1.807) is 14.2 Å². The molecule has 3 rings (SSSR count). The lowest BCUT2D eigenvalue weighted by Crippen LogP contribution is -2.31. The summed E-state index contributed by atoms with van der Waals surface area (Å²) >= 11 is 0. The molecule has 1 fully saturated rings. The summed E-state index contributed by atoms with van der Waals surface area (Å²) in [4.78, 5) is 12.2. The van der Waals surface area contributed by atoms with Crippen molar-refractivity contribution in [3.05, 3.63) is 29.5 Å². The molecule has 0 bridgehead atoms. The molecule has 1 N–H and O–H groups in total. The molecule has 1 aromatic carbocycles. The molecule has 5 nitrogen and oxygen atoms in total. The molecule has 0 aromatic heterocycles. The SMILES string of the molecule is COc1ccc(C2=C(NC3CCCCC3)COC2=O)cc1OC. The van der Waals surface area contributed by atoms with Crippen molar-refractivity contribution in [1.29, 1.82) is 0 Å². The molecule has 0 atom stereocenters. The predicted octanol–water partition coefficient (Wildman–Crippen LogP) is 2.89. The lowest BCUT2D eigenvalue weighted by molar-refractivity contribution is -0.134. The van der Waals surface area contributed by atoms with Gasteiger partial charge in [0.05, 0.1) is 25.5 Å². The van der Waals surface area contributed by atoms with E-state index in [0.29, 0.717) is 29.7 Å². The van der Waals surface area contributed by atoms with Crippen LogP contribution in [0, 0.1) is 0 Å². The van der Waals surface area contributed by atoms with Gasteiger partial charge in [-0.2, -0.15) is 0 Å². The fourth-order valence-corrected chi connectivity index (χ4v) is 3.30. The minimum absolute atomic E-state index is 0.282. The highest BCUT2D eigenvalue weighted by atomic mass is 16.5. The third-order valence-corrected chi connectivity index (χ3v) is 4.51. The number of esters is 1. The molecule has 1 aromatic rings. The first-order valence-corrected chi connectivity index (χ1v) is 8.12. The quantitative estimate of drug-likeness (QED) is 0.846. The molecule has 5 heteroatoms. The highest BCUT2D eigenvalue weighted by Gasteiger charge is 2.29. The van der Waals surface area contributed by atoms with Crippen LogP contribution in [0.1, 0.15) is 37.7 Å². The Morgan fingerprint density at radius 1 is 1.09 bits per heavy atom. The lowest BCUT2D eigenvalue weighted by atomic mass is 9.95. The van der Waals surface area contributed by atoms with E-state index >= 15 is 0 Å². The van der Waals surface area contributed by atoms with E-state index in [9.17, 15) is 4.79 Å². The first kappa shape index (κ1) is 15.7. The van der Waals surface area contributed by atoms with Gasteiger partial charge < -0.3 is 19.5 Å². The van der Waals surface area contributed by atoms with Crippen molar-refractivity contribution >= 4 is 11.5 Å². The van der Waals surface area contributed by atoms with Crippen LogP contribution >= 0.6 is 0 Å². The molecule has 1 aliphatic heterocycles. The fraction of sp³-hybridized carbons (Fsp3) is 0.500. The van der Waals surface area contributed by atoms with Crippen molar-refractivity contribution in [3.8, 4) is 11.5 Å². The van der Waals surface area contributed by atoms with E-state index in [0.717, 1.165) is 24.1 Å². The van der Waals surface area contributed by atoms with Gasteiger partial charge in [0, 0.05) is 6.04 Å². The zero-order valence-corrected chi connectivity index (χ0v) is 13.7. The molecule has 0 spiro atoms. The molecule has 1 heterocycles. The first-order chi connectivity index (χ1) is 11.2. The van der Waals surface area contributed by atoms with E-state index in [2.05, 4.69) is 5.32 Å². The van der Waals surface area contributed by atoms with E-state index in [1.807, 2.05) is 18.2 Å². The van der Waals surface area contributed by atoms with Crippen LogP contribution < -0.4 is 14.8 Å². The molecule has 0 unspecified atom stereocenters. The van der Waals surface area contributed by atoms with Crippen LogP contribution in [0.5, 0.6) is 11.5 Å². The largest absolute Gasteiger partial charge is 0.493 e. The van der Waals surface area contributed by atoms with Gasteiger partial charge in [0.25, 0.3) is 0 Å². The molecule has 1 saturated carbocycles. The predicted molar refractivity (Wildman–Crippen MR) is 87.4 cm³/mol. The van der Waals surface area contributed by atoms with Gasteiger partial charge in [0.2, 0.25) is 0 Å². The van der Waals surface area contributed by atoms with Gasteiger partial charge in [-0.1, -0.05) is 25.3 Å². The van der Waals surface area contributed by atoms with Gasteiger partial charge in [-0.3, -0.25) is 0 Å². The van der Waals surface area contributed by atoms with Gasteiger partial charge in [-0.05, 0) is 30.5 Å². The number of hydrogen-bond acceptors (Lipinski definition) is 5. The van der Waals surface area contributed by atoms with E-state index in [1.165, 1.54) is 19.3 Å². The van der Waals surface area contributed by atoms with Gasteiger partial charge >= 0.3 is 5.97 Å². The van der Waals surface area contributed by atoms with Crippen LogP contribution in [0.15, 0.2) is 23.9 Å². The Kier molecular flexibility index (Phi) is 4.74. The molecule has 0 saturated heterocycles. The Hall–Kier alpha value is -2.17. The lowest BCUT2D eigenvalue weighted by Gasteiger charge is -2.24. The van der Waals surface area contributed by atoms with Gasteiger partial charge in [-0.25, -0.2) is 4.79 Å². The number of carbonyl (C=O) groups is 1. The summed E-state index contributed by atoms with van der Waals surface area (Å²) in [6, 6.07) is 5.93. The summed E-state index contributed by atoms with van der Waals surface area (Å²) < 4.78 is 15.8. The van der Waals surface area contributed by atoms with Crippen molar-refractivity contribution in [3.63, 3.8) is 0 Å². The third-order valence-electron chi connectivity index (χ3n) is 4.51. The number of hydrogen-bond donors (Lipinski definition) is 1. The van der Waals surface area contributed by atoms with Crippen molar-refractivity contribution in [1.82, 2.24) is 5.32 Å². The third kappa shape index (κ3) is 3.28. The van der Waals surface area contributed by atoms with E-state index < -0.39 is 0 Å². The Balaban J connectivity index is 1.90. The van der Waals surface area contributed by atoms with Crippen LogP contribution in [-0.4, -0.2) is 32.8 Å².